The summed E-state index contributed by atoms with van der Waals surface area (Å²) >= 11 is 0. The second-order valence-electron chi connectivity index (χ2n) is 4.65. The van der Waals surface area contributed by atoms with Crippen molar-refractivity contribution < 1.29 is 0 Å². The van der Waals surface area contributed by atoms with E-state index in [9.17, 15) is 0 Å². The normalized spacial score (nSPS) is 12.2. The van der Waals surface area contributed by atoms with Crippen molar-refractivity contribution >= 4 is 11.6 Å². The second kappa shape index (κ2) is 5.69. The van der Waals surface area contributed by atoms with E-state index in [4.69, 9.17) is 5.73 Å². The predicted molar refractivity (Wildman–Crippen MR) is 79.0 cm³/mol. The first-order valence-corrected chi connectivity index (χ1v) is 6.54. The van der Waals surface area contributed by atoms with E-state index in [1.165, 1.54) is 5.56 Å². The molecule has 0 spiro atoms. The number of nitrogen functional groups attached to an aromatic ring is 1. The van der Waals surface area contributed by atoms with Crippen molar-refractivity contribution in [2.45, 2.75) is 33.2 Å². The highest BCUT2D eigenvalue weighted by molar-refractivity contribution is 5.55. The van der Waals surface area contributed by atoms with Gasteiger partial charge >= 0.3 is 0 Å². The number of aryl methyl sites for hydroxylation is 1. The lowest BCUT2D eigenvalue weighted by molar-refractivity contribution is 0.741. The van der Waals surface area contributed by atoms with Crippen molar-refractivity contribution in [2.75, 3.05) is 11.1 Å². The van der Waals surface area contributed by atoms with E-state index in [1.807, 2.05) is 32.0 Å². The number of hydrogen-bond donors (Lipinski definition) is 2. The minimum atomic E-state index is 0.230. The van der Waals surface area contributed by atoms with E-state index in [2.05, 4.69) is 34.3 Å². The van der Waals surface area contributed by atoms with Crippen LogP contribution in [0.3, 0.4) is 0 Å². The minimum Gasteiger partial charge on any atom is -0.383 e. The van der Waals surface area contributed by atoms with Gasteiger partial charge in [0, 0.05) is 5.56 Å². The molecule has 0 aliphatic heterocycles. The van der Waals surface area contributed by atoms with Crippen molar-refractivity contribution in [3.05, 3.63) is 47.3 Å². The zero-order valence-corrected chi connectivity index (χ0v) is 11.6. The molecule has 2 aromatic rings. The maximum Gasteiger partial charge on any atom is 0.135 e. The van der Waals surface area contributed by atoms with E-state index < -0.39 is 0 Å². The standard InChI is InChI=1S/C15H20N4/c1-4-13(12-8-6-5-7-9-12)19-15-10(2)14(16)17-11(3)18-15/h5-9,13H,4H2,1-3H3,(H3,16,17,18,19). The molecule has 0 saturated heterocycles. The minimum absolute atomic E-state index is 0.230. The van der Waals surface area contributed by atoms with E-state index in [0.717, 1.165) is 17.8 Å². The first-order valence-electron chi connectivity index (χ1n) is 6.54. The molecule has 1 unspecified atom stereocenters. The lowest BCUT2D eigenvalue weighted by Gasteiger charge is -2.20. The third-order valence-electron chi connectivity index (χ3n) is 3.22. The summed E-state index contributed by atoms with van der Waals surface area (Å²) in [6, 6.07) is 10.6. The third-order valence-corrected chi connectivity index (χ3v) is 3.22. The van der Waals surface area contributed by atoms with Gasteiger partial charge in [-0.2, -0.15) is 0 Å². The van der Waals surface area contributed by atoms with Gasteiger partial charge in [-0.25, -0.2) is 9.97 Å². The number of hydrogen-bond acceptors (Lipinski definition) is 4. The van der Waals surface area contributed by atoms with Crippen molar-refractivity contribution in [3.8, 4) is 0 Å². The Morgan fingerprint density at radius 1 is 1.16 bits per heavy atom. The smallest absolute Gasteiger partial charge is 0.135 e. The highest BCUT2D eigenvalue weighted by Gasteiger charge is 2.13. The first kappa shape index (κ1) is 13.3. The molecular weight excluding hydrogens is 236 g/mol. The molecule has 1 atom stereocenters. The highest BCUT2D eigenvalue weighted by Crippen LogP contribution is 2.25. The van der Waals surface area contributed by atoms with Crippen LogP contribution in [-0.2, 0) is 0 Å². The number of rotatable bonds is 4. The summed E-state index contributed by atoms with van der Waals surface area (Å²) in [5, 5.41) is 3.46. The van der Waals surface area contributed by atoms with Gasteiger partial charge in [-0.15, -0.1) is 0 Å². The van der Waals surface area contributed by atoms with Gasteiger partial charge in [0.15, 0.2) is 0 Å². The van der Waals surface area contributed by atoms with Crippen LogP contribution in [0.5, 0.6) is 0 Å². The van der Waals surface area contributed by atoms with Gasteiger partial charge in [0.25, 0.3) is 0 Å². The number of anilines is 2. The Balaban J connectivity index is 2.29. The molecule has 0 saturated carbocycles. The van der Waals surface area contributed by atoms with Crippen LogP contribution in [0.4, 0.5) is 11.6 Å². The van der Waals surface area contributed by atoms with Crippen LogP contribution in [0.15, 0.2) is 30.3 Å². The molecule has 1 aromatic carbocycles. The Morgan fingerprint density at radius 2 is 1.84 bits per heavy atom. The fourth-order valence-electron chi connectivity index (χ4n) is 2.06. The summed E-state index contributed by atoms with van der Waals surface area (Å²) in [4.78, 5) is 8.61. The molecule has 1 aromatic heterocycles. The molecule has 100 valence electrons. The summed E-state index contributed by atoms with van der Waals surface area (Å²) < 4.78 is 0. The van der Waals surface area contributed by atoms with E-state index >= 15 is 0 Å². The molecule has 0 aliphatic rings. The van der Waals surface area contributed by atoms with Crippen molar-refractivity contribution in [1.82, 2.24) is 9.97 Å². The lowest BCUT2D eigenvalue weighted by Crippen LogP contribution is -2.13. The number of aromatic nitrogens is 2. The van der Waals surface area contributed by atoms with Crippen molar-refractivity contribution in [1.29, 1.82) is 0 Å². The van der Waals surface area contributed by atoms with E-state index in [1.54, 1.807) is 0 Å². The molecule has 0 aliphatic carbocycles. The van der Waals surface area contributed by atoms with Gasteiger partial charge in [-0.05, 0) is 25.8 Å². The fraction of sp³-hybridized carbons (Fsp3) is 0.333. The summed E-state index contributed by atoms with van der Waals surface area (Å²) in [7, 11) is 0. The summed E-state index contributed by atoms with van der Waals surface area (Å²) in [5.41, 5.74) is 8.04. The van der Waals surface area contributed by atoms with Gasteiger partial charge in [0.1, 0.15) is 17.5 Å². The zero-order valence-electron chi connectivity index (χ0n) is 11.6. The Hall–Kier alpha value is -2.10. The third kappa shape index (κ3) is 3.02. The predicted octanol–water partition coefficient (Wildman–Crippen LogP) is 3.24. The molecule has 19 heavy (non-hydrogen) atoms. The maximum absolute atomic E-state index is 5.89. The van der Waals surface area contributed by atoms with Crippen LogP contribution in [-0.4, -0.2) is 9.97 Å². The number of nitrogens with two attached hydrogens (primary N) is 1. The van der Waals surface area contributed by atoms with Crippen LogP contribution in [0.25, 0.3) is 0 Å². The lowest BCUT2D eigenvalue weighted by atomic mass is 10.0. The Kier molecular flexibility index (Phi) is 4.00. The summed E-state index contributed by atoms with van der Waals surface area (Å²) in [5.74, 6) is 2.05. The Morgan fingerprint density at radius 3 is 2.47 bits per heavy atom. The average molecular weight is 256 g/mol. The maximum atomic E-state index is 5.89. The summed E-state index contributed by atoms with van der Waals surface area (Å²) in [6.07, 6.45) is 0.979. The molecule has 4 nitrogen and oxygen atoms in total. The largest absolute Gasteiger partial charge is 0.383 e. The number of nitrogens with one attached hydrogen (secondary N) is 1. The highest BCUT2D eigenvalue weighted by atomic mass is 15.1. The Labute approximate surface area is 114 Å². The molecule has 3 N–H and O–H groups in total. The van der Waals surface area contributed by atoms with Crippen molar-refractivity contribution in [3.63, 3.8) is 0 Å². The van der Waals surface area contributed by atoms with Crippen LogP contribution >= 0.6 is 0 Å². The Bertz CT molecular complexity index is 552. The van der Waals surface area contributed by atoms with E-state index in [-0.39, 0.29) is 6.04 Å². The van der Waals surface area contributed by atoms with Gasteiger partial charge in [0.2, 0.25) is 0 Å². The molecule has 0 radical (unpaired) electrons. The van der Waals surface area contributed by atoms with Crippen LogP contribution < -0.4 is 11.1 Å². The SMILES string of the molecule is CCC(Nc1nc(C)nc(N)c1C)c1ccccc1. The second-order valence-corrected chi connectivity index (χ2v) is 4.65. The monoisotopic (exact) mass is 256 g/mol. The molecular formula is C15H20N4. The average Bonchev–Trinajstić information content (AvgIpc) is 2.42. The topological polar surface area (TPSA) is 63.8 Å². The molecule has 0 bridgehead atoms. The number of benzene rings is 1. The quantitative estimate of drug-likeness (QED) is 0.881. The fourth-order valence-corrected chi connectivity index (χ4v) is 2.06. The van der Waals surface area contributed by atoms with E-state index in [0.29, 0.717) is 11.6 Å². The van der Waals surface area contributed by atoms with Gasteiger partial charge in [0.05, 0.1) is 6.04 Å². The van der Waals surface area contributed by atoms with Gasteiger partial charge < -0.3 is 11.1 Å². The zero-order chi connectivity index (χ0) is 13.8. The molecule has 1 heterocycles. The first-order chi connectivity index (χ1) is 9.11. The summed E-state index contributed by atoms with van der Waals surface area (Å²) in [6.45, 7) is 5.94. The molecule has 4 heteroatoms. The van der Waals surface area contributed by atoms with Crippen LogP contribution in [0, 0.1) is 13.8 Å². The molecule has 2 rings (SSSR count). The number of nitrogens with zero attached hydrogens (tertiary/aromatic N) is 2. The van der Waals surface area contributed by atoms with Gasteiger partial charge in [-0.3, -0.25) is 0 Å². The van der Waals surface area contributed by atoms with Crippen molar-refractivity contribution in [2.24, 2.45) is 0 Å². The molecule has 0 amide bonds. The van der Waals surface area contributed by atoms with Gasteiger partial charge in [-0.1, -0.05) is 37.3 Å². The van der Waals surface area contributed by atoms with Crippen LogP contribution in [0.2, 0.25) is 0 Å². The van der Waals surface area contributed by atoms with Crippen LogP contribution in [0.1, 0.15) is 36.3 Å². The molecule has 0 fully saturated rings.